The molecule has 0 saturated heterocycles. The molecule has 0 fully saturated rings. The van der Waals surface area contributed by atoms with E-state index in [9.17, 15) is 9.59 Å². The molecular weight excluding hydrogens is 383 g/mol. The quantitative estimate of drug-likeness (QED) is 0.688. The molecule has 0 saturated carbocycles. The Bertz CT molecular complexity index is 701. The van der Waals surface area contributed by atoms with E-state index in [4.69, 9.17) is 5.11 Å². The van der Waals surface area contributed by atoms with Crippen LogP contribution in [-0.4, -0.2) is 17.1 Å². The molecular formula is C15H13IN2O3. The summed E-state index contributed by atoms with van der Waals surface area (Å²) in [6, 6.07) is 11.7. The number of carboxylic acid groups (broad SMARTS) is 1. The molecule has 0 bridgehead atoms. The number of urea groups is 1. The van der Waals surface area contributed by atoms with Gasteiger partial charge in [-0.2, -0.15) is 0 Å². The van der Waals surface area contributed by atoms with Gasteiger partial charge < -0.3 is 15.7 Å². The van der Waals surface area contributed by atoms with Crippen molar-refractivity contribution in [2.24, 2.45) is 0 Å². The van der Waals surface area contributed by atoms with Gasteiger partial charge in [0.2, 0.25) is 0 Å². The minimum atomic E-state index is -1.08. The Morgan fingerprint density at radius 3 is 2.52 bits per heavy atom. The molecule has 2 rings (SSSR count). The largest absolute Gasteiger partial charge is 0.478 e. The summed E-state index contributed by atoms with van der Waals surface area (Å²) in [5.41, 5.74) is 1.98. The number of carbonyl (C=O) groups excluding carboxylic acids is 1. The smallest absolute Gasteiger partial charge is 0.337 e. The summed E-state index contributed by atoms with van der Waals surface area (Å²) in [4.78, 5) is 23.1. The molecule has 0 aliphatic carbocycles. The first kappa shape index (κ1) is 15.3. The van der Waals surface area contributed by atoms with Crippen molar-refractivity contribution in [3.05, 3.63) is 57.2 Å². The Balaban J connectivity index is 2.15. The van der Waals surface area contributed by atoms with Crippen molar-refractivity contribution in [3.8, 4) is 0 Å². The average molecular weight is 396 g/mol. The second kappa shape index (κ2) is 6.57. The van der Waals surface area contributed by atoms with Gasteiger partial charge in [0.15, 0.2) is 0 Å². The first-order chi connectivity index (χ1) is 9.95. The molecule has 3 N–H and O–H groups in total. The van der Waals surface area contributed by atoms with E-state index in [1.54, 1.807) is 18.2 Å². The van der Waals surface area contributed by atoms with Gasteiger partial charge in [-0.3, -0.25) is 0 Å². The van der Waals surface area contributed by atoms with Crippen LogP contribution in [0.25, 0.3) is 0 Å². The van der Waals surface area contributed by atoms with Crippen molar-refractivity contribution < 1.29 is 14.7 Å². The minimum absolute atomic E-state index is 0.0568. The van der Waals surface area contributed by atoms with Gasteiger partial charge in [0.1, 0.15) is 0 Å². The SMILES string of the molecule is Cc1cccc(NC(=O)Nc2ccc(I)cc2C(=O)O)c1. The Morgan fingerprint density at radius 1 is 1.10 bits per heavy atom. The number of hydrogen-bond donors (Lipinski definition) is 3. The van der Waals surface area contributed by atoms with Crippen molar-refractivity contribution in [2.45, 2.75) is 6.92 Å². The van der Waals surface area contributed by atoms with E-state index in [2.05, 4.69) is 10.6 Å². The highest BCUT2D eigenvalue weighted by molar-refractivity contribution is 14.1. The van der Waals surface area contributed by atoms with Crippen LogP contribution in [0.2, 0.25) is 0 Å². The molecule has 2 aromatic rings. The van der Waals surface area contributed by atoms with Crippen molar-refractivity contribution in [1.29, 1.82) is 0 Å². The van der Waals surface area contributed by atoms with Crippen LogP contribution in [0, 0.1) is 10.5 Å². The number of aryl methyl sites for hydroxylation is 1. The standard InChI is InChI=1S/C15H13IN2O3/c1-9-3-2-4-11(7-9)17-15(21)18-13-6-5-10(16)8-12(13)14(19)20/h2-8H,1H3,(H,19,20)(H2,17,18,21). The van der Waals surface area contributed by atoms with E-state index in [1.807, 2.05) is 47.7 Å². The van der Waals surface area contributed by atoms with Crippen LogP contribution in [0.3, 0.4) is 0 Å². The highest BCUT2D eigenvalue weighted by atomic mass is 127. The lowest BCUT2D eigenvalue weighted by molar-refractivity contribution is 0.0698. The number of carboxylic acids is 1. The molecule has 6 heteroatoms. The lowest BCUT2D eigenvalue weighted by atomic mass is 10.2. The summed E-state index contributed by atoms with van der Waals surface area (Å²) < 4.78 is 0.787. The molecule has 0 aromatic heterocycles. The van der Waals surface area contributed by atoms with Gasteiger partial charge in [-0.25, -0.2) is 9.59 Å². The van der Waals surface area contributed by atoms with E-state index >= 15 is 0 Å². The van der Waals surface area contributed by atoms with E-state index < -0.39 is 12.0 Å². The highest BCUT2D eigenvalue weighted by Gasteiger charge is 2.13. The zero-order valence-corrected chi connectivity index (χ0v) is 13.3. The average Bonchev–Trinajstić information content (AvgIpc) is 2.40. The Morgan fingerprint density at radius 2 is 1.86 bits per heavy atom. The third-order valence-corrected chi connectivity index (χ3v) is 3.41. The molecule has 2 aromatic carbocycles. The van der Waals surface area contributed by atoms with Crippen molar-refractivity contribution >= 4 is 46.0 Å². The molecule has 0 heterocycles. The number of hydrogen-bond acceptors (Lipinski definition) is 2. The van der Waals surface area contributed by atoms with Crippen LogP contribution in [0.4, 0.5) is 16.2 Å². The van der Waals surface area contributed by atoms with Crippen LogP contribution in [0.15, 0.2) is 42.5 Å². The number of anilines is 2. The molecule has 0 aliphatic rings. The molecule has 21 heavy (non-hydrogen) atoms. The number of benzene rings is 2. The highest BCUT2D eigenvalue weighted by Crippen LogP contribution is 2.19. The minimum Gasteiger partial charge on any atom is -0.478 e. The Kier molecular flexibility index (Phi) is 4.79. The number of carbonyl (C=O) groups is 2. The summed E-state index contributed by atoms with van der Waals surface area (Å²) in [6.07, 6.45) is 0. The second-order valence-electron chi connectivity index (χ2n) is 4.44. The predicted octanol–water partition coefficient (Wildman–Crippen LogP) is 3.94. The lowest BCUT2D eigenvalue weighted by Gasteiger charge is -2.10. The third kappa shape index (κ3) is 4.19. The molecule has 0 spiro atoms. The first-order valence-corrected chi connectivity index (χ1v) is 7.21. The fourth-order valence-electron chi connectivity index (χ4n) is 1.81. The van der Waals surface area contributed by atoms with Crippen LogP contribution < -0.4 is 10.6 Å². The molecule has 2 amide bonds. The van der Waals surface area contributed by atoms with Crippen molar-refractivity contribution in [1.82, 2.24) is 0 Å². The van der Waals surface area contributed by atoms with Gasteiger partial charge in [0, 0.05) is 9.26 Å². The van der Waals surface area contributed by atoms with Gasteiger partial charge in [0.05, 0.1) is 11.3 Å². The van der Waals surface area contributed by atoms with Crippen molar-refractivity contribution in [3.63, 3.8) is 0 Å². The summed E-state index contributed by atoms with van der Waals surface area (Å²) in [5.74, 6) is -1.08. The topological polar surface area (TPSA) is 78.4 Å². The molecule has 0 unspecified atom stereocenters. The zero-order chi connectivity index (χ0) is 15.4. The maximum atomic E-state index is 11.9. The van der Waals surface area contributed by atoms with Gasteiger partial charge >= 0.3 is 12.0 Å². The molecule has 0 aliphatic heterocycles. The fourth-order valence-corrected chi connectivity index (χ4v) is 2.30. The van der Waals surface area contributed by atoms with E-state index in [1.165, 1.54) is 6.07 Å². The number of aromatic carboxylic acids is 1. The van der Waals surface area contributed by atoms with E-state index in [0.29, 0.717) is 5.69 Å². The predicted molar refractivity (Wildman–Crippen MR) is 89.9 cm³/mol. The number of amides is 2. The molecule has 0 atom stereocenters. The normalized spacial score (nSPS) is 10.0. The number of nitrogens with one attached hydrogen (secondary N) is 2. The maximum Gasteiger partial charge on any atom is 0.337 e. The van der Waals surface area contributed by atoms with Crippen LogP contribution in [0.1, 0.15) is 15.9 Å². The number of halogens is 1. The first-order valence-electron chi connectivity index (χ1n) is 6.13. The van der Waals surface area contributed by atoms with E-state index in [-0.39, 0.29) is 11.3 Å². The maximum absolute atomic E-state index is 11.9. The zero-order valence-electron chi connectivity index (χ0n) is 11.2. The summed E-state index contributed by atoms with van der Waals surface area (Å²) in [7, 11) is 0. The third-order valence-electron chi connectivity index (χ3n) is 2.74. The Hall–Kier alpha value is -2.09. The summed E-state index contributed by atoms with van der Waals surface area (Å²) in [5, 5.41) is 14.4. The van der Waals surface area contributed by atoms with Gasteiger partial charge in [-0.15, -0.1) is 0 Å². The molecule has 0 radical (unpaired) electrons. The van der Waals surface area contributed by atoms with Gasteiger partial charge in [-0.1, -0.05) is 12.1 Å². The van der Waals surface area contributed by atoms with Crippen LogP contribution >= 0.6 is 22.6 Å². The van der Waals surface area contributed by atoms with E-state index in [0.717, 1.165) is 9.13 Å². The monoisotopic (exact) mass is 396 g/mol. The lowest BCUT2D eigenvalue weighted by Crippen LogP contribution is -2.21. The Labute approximate surface area is 135 Å². The second-order valence-corrected chi connectivity index (χ2v) is 5.69. The van der Waals surface area contributed by atoms with Crippen molar-refractivity contribution in [2.75, 3.05) is 10.6 Å². The number of rotatable bonds is 3. The molecule has 5 nitrogen and oxygen atoms in total. The van der Waals surface area contributed by atoms with Gasteiger partial charge in [0.25, 0.3) is 0 Å². The van der Waals surface area contributed by atoms with Gasteiger partial charge in [-0.05, 0) is 65.4 Å². The summed E-state index contributed by atoms with van der Waals surface area (Å²) in [6.45, 7) is 1.92. The van der Waals surface area contributed by atoms with Crippen LogP contribution in [0.5, 0.6) is 0 Å². The molecule has 108 valence electrons. The van der Waals surface area contributed by atoms with Crippen LogP contribution in [-0.2, 0) is 0 Å². The fraction of sp³-hybridized carbons (Fsp3) is 0.0667. The summed E-state index contributed by atoms with van der Waals surface area (Å²) >= 11 is 2.02.